The van der Waals surface area contributed by atoms with E-state index in [1.165, 1.54) is 38.5 Å². The van der Waals surface area contributed by atoms with Gasteiger partial charge in [-0.1, -0.05) is 64.0 Å². The fourth-order valence-corrected chi connectivity index (χ4v) is 4.46. The van der Waals surface area contributed by atoms with E-state index in [1.54, 1.807) is 11.8 Å². The largest absolute Gasteiger partial charge is 0.492 e. The van der Waals surface area contributed by atoms with Crippen LogP contribution in [0.25, 0.3) is 0 Å². The van der Waals surface area contributed by atoms with E-state index in [1.807, 2.05) is 38.1 Å². The minimum Gasteiger partial charge on any atom is -0.492 e. The zero-order chi connectivity index (χ0) is 25.5. The molecule has 198 valence electrons. The van der Waals surface area contributed by atoms with Gasteiger partial charge in [0.1, 0.15) is 18.5 Å². The third-order valence-corrected chi connectivity index (χ3v) is 6.77. The summed E-state index contributed by atoms with van der Waals surface area (Å²) in [6, 6.07) is 7.35. The standard InChI is InChI=1S/C28H45NO6/c1-4-22(3)35-28(32)29(18-10-9-13-23-11-7-6-8-12-23)19-20-34-25-16-14-24(15-17-25)21-26(27(30)31)33-5-2/h14-17,22-23,26H,4-13,18-21H2,1-3H3,(H,30,31). The Morgan fingerprint density at radius 2 is 1.77 bits per heavy atom. The molecule has 2 rings (SSSR count). The Kier molecular flexibility index (Phi) is 13.6. The monoisotopic (exact) mass is 491 g/mol. The molecule has 2 atom stereocenters. The fraction of sp³-hybridized carbons (Fsp3) is 0.714. The van der Waals surface area contributed by atoms with Crippen LogP contribution in [0.5, 0.6) is 5.75 Å². The second kappa shape index (κ2) is 16.4. The molecule has 0 spiro atoms. The summed E-state index contributed by atoms with van der Waals surface area (Å²) in [5.74, 6) is 0.578. The van der Waals surface area contributed by atoms with Crippen molar-refractivity contribution < 1.29 is 28.9 Å². The molecule has 1 aromatic rings. The van der Waals surface area contributed by atoms with E-state index < -0.39 is 12.1 Å². The third kappa shape index (κ3) is 11.3. The molecule has 0 aromatic heterocycles. The van der Waals surface area contributed by atoms with Crippen LogP contribution < -0.4 is 4.74 Å². The minimum absolute atomic E-state index is 0.105. The topological polar surface area (TPSA) is 85.3 Å². The average Bonchev–Trinajstić information content (AvgIpc) is 2.86. The summed E-state index contributed by atoms with van der Waals surface area (Å²) in [4.78, 5) is 25.7. The van der Waals surface area contributed by atoms with Crippen LogP contribution in [0.15, 0.2) is 24.3 Å². The Labute approximate surface area is 211 Å². The minimum atomic E-state index is -0.963. The smallest absolute Gasteiger partial charge is 0.410 e. The van der Waals surface area contributed by atoms with Gasteiger partial charge in [-0.15, -0.1) is 0 Å². The number of ether oxygens (including phenoxy) is 3. The van der Waals surface area contributed by atoms with Crippen molar-refractivity contribution in [2.45, 2.75) is 97.2 Å². The lowest BCUT2D eigenvalue weighted by atomic mass is 9.86. The highest BCUT2D eigenvalue weighted by Gasteiger charge is 2.19. The van der Waals surface area contributed by atoms with Crippen LogP contribution >= 0.6 is 0 Å². The third-order valence-electron chi connectivity index (χ3n) is 6.77. The van der Waals surface area contributed by atoms with Crippen molar-refractivity contribution in [3.8, 4) is 5.75 Å². The summed E-state index contributed by atoms with van der Waals surface area (Å²) in [5, 5.41) is 9.26. The summed E-state index contributed by atoms with van der Waals surface area (Å²) < 4.78 is 16.7. The lowest BCUT2D eigenvalue weighted by Crippen LogP contribution is -2.37. The first-order valence-corrected chi connectivity index (χ1v) is 13.4. The number of aliphatic carboxylic acids is 1. The Morgan fingerprint density at radius 3 is 2.40 bits per heavy atom. The molecule has 0 heterocycles. The normalized spacial score (nSPS) is 15.9. The van der Waals surface area contributed by atoms with E-state index in [9.17, 15) is 14.7 Å². The second-order valence-corrected chi connectivity index (χ2v) is 9.57. The number of benzene rings is 1. The molecule has 35 heavy (non-hydrogen) atoms. The molecule has 0 aliphatic heterocycles. The van der Waals surface area contributed by atoms with E-state index in [4.69, 9.17) is 14.2 Å². The molecule has 1 saturated carbocycles. The Morgan fingerprint density at radius 1 is 1.06 bits per heavy atom. The van der Waals surface area contributed by atoms with Crippen LogP contribution in [-0.4, -0.2) is 60.6 Å². The average molecular weight is 492 g/mol. The van der Waals surface area contributed by atoms with Gasteiger partial charge in [0.25, 0.3) is 0 Å². The fourth-order valence-electron chi connectivity index (χ4n) is 4.46. The van der Waals surface area contributed by atoms with Gasteiger partial charge >= 0.3 is 12.1 Å². The molecule has 1 N–H and O–H groups in total. The number of carboxylic acid groups (broad SMARTS) is 1. The highest BCUT2D eigenvalue weighted by Crippen LogP contribution is 2.27. The van der Waals surface area contributed by atoms with E-state index >= 15 is 0 Å². The SMILES string of the molecule is CCOC(Cc1ccc(OCCN(CCCCC2CCCCC2)C(=O)OC(C)CC)cc1)C(=O)O. The number of carboxylic acids is 1. The van der Waals surface area contributed by atoms with Gasteiger partial charge in [-0.05, 0) is 50.3 Å². The lowest BCUT2D eigenvalue weighted by Gasteiger charge is -2.25. The van der Waals surface area contributed by atoms with Crippen molar-refractivity contribution in [1.29, 1.82) is 0 Å². The maximum Gasteiger partial charge on any atom is 0.410 e. The lowest BCUT2D eigenvalue weighted by molar-refractivity contribution is -0.149. The van der Waals surface area contributed by atoms with Gasteiger partial charge in [-0.2, -0.15) is 0 Å². The van der Waals surface area contributed by atoms with Crippen LogP contribution in [0.3, 0.4) is 0 Å². The maximum absolute atomic E-state index is 12.7. The first-order valence-electron chi connectivity index (χ1n) is 13.4. The molecule has 1 aliphatic carbocycles. The number of nitrogens with zero attached hydrogens (tertiary/aromatic N) is 1. The van der Waals surface area contributed by atoms with Crippen LogP contribution in [0.2, 0.25) is 0 Å². The summed E-state index contributed by atoms with van der Waals surface area (Å²) in [6.07, 6.45) is 10.1. The number of hydrogen-bond acceptors (Lipinski definition) is 5. The second-order valence-electron chi connectivity index (χ2n) is 9.57. The number of rotatable bonds is 16. The molecular formula is C28H45NO6. The molecule has 0 radical (unpaired) electrons. The summed E-state index contributed by atoms with van der Waals surface area (Å²) >= 11 is 0. The van der Waals surface area contributed by atoms with Crippen LogP contribution in [0, 0.1) is 5.92 Å². The highest BCUT2D eigenvalue weighted by atomic mass is 16.6. The first-order chi connectivity index (χ1) is 16.9. The van der Waals surface area contributed by atoms with Gasteiger partial charge in [0.2, 0.25) is 0 Å². The Bertz CT molecular complexity index is 731. The Balaban J connectivity index is 1.81. The van der Waals surface area contributed by atoms with Crippen molar-refractivity contribution in [3.63, 3.8) is 0 Å². The molecular weight excluding hydrogens is 446 g/mol. The van der Waals surface area contributed by atoms with Gasteiger partial charge in [0, 0.05) is 19.6 Å². The van der Waals surface area contributed by atoms with Crippen LogP contribution in [-0.2, 0) is 20.7 Å². The number of amides is 1. The van der Waals surface area contributed by atoms with E-state index in [-0.39, 0.29) is 12.2 Å². The predicted octanol–water partition coefficient (Wildman–Crippen LogP) is 6.09. The molecule has 0 saturated heterocycles. The number of carbonyl (C=O) groups is 2. The summed E-state index contributed by atoms with van der Waals surface area (Å²) in [7, 11) is 0. The molecule has 2 unspecified atom stereocenters. The molecule has 1 aromatic carbocycles. The molecule has 1 amide bonds. The van der Waals surface area contributed by atoms with Gasteiger partial charge < -0.3 is 24.2 Å². The van der Waals surface area contributed by atoms with Gasteiger partial charge in [-0.3, -0.25) is 0 Å². The number of unbranched alkanes of at least 4 members (excludes halogenated alkanes) is 1. The van der Waals surface area contributed by atoms with Crippen molar-refractivity contribution in [1.82, 2.24) is 4.90 Å². The van der Waals surface area contributed by atoms with Gasteiger partial charge in [-0.25, -0.2) is 9.59 Å². The molecule has 7 nitrogen and oxygen atoms in total. The zero-order valence-electron chi connectivity index (χ0n) is 21.9. The van der Waals surface area contributed by atoms with Gasteiger partial charge in [0.15, 0.2) is 6.10 Å². The molecule has 1 aliphatic rings. The van der Waals surface area contributed by atoms with E-state index in [2.05, 4.69) is 0 Å². The van der Waals surface area contributed by atoms with Crippen molar-refractivity contribution in [3.05, 3.63) is 29.8 Å². The quantitative estimate of drug-likeness (QED) is 0.282. The van der Waals surface area contributed by atoms with Crippen LogP contribution in [0.1, 0.15) is 84.1 Å². The number of carbonyl (C=O) groups excluding carboxylic acids is 1. The van der Waals surface area contributed by atoms with Crippen molar-refractivity contribution in [2.24, 2.45) is 5.92 Å². The van der Waals surface area contributed by atoms with E-state index in [0.29, 0.717) is 38.5 Å². The molecule has 7 heteroatoms. The summed E-state index contributed by atoms with van der Waals surface area (Å²) in [5.41, 5.74) is 0.870. The first kappa shape index (κ1) is 29.0. The summed E-state index contributed by atoms with van der Waals surface area (Å²) in [6.45, 7) is 7.57. The van der Waals surface area contributed by atoms with Crippen molar-refractivity contribution in [2.75, 3.05) is 26.3 Å². The van der Waals surface area contributed by atoms with Gasteiger partial charge in [0.05, 0.1) is 6.54 Å². The van der Waals surface area contributed by atoms with Crippen molar-refractivity contribution >= 4 is 12.1 Å². The highest BCUT2D eigenvalue weighted by molar-refractivity contribution is 5.72. The van der Waals surface area contributed by atoms with Crippen LogP contribution in [0.4, 0.5) is 4.79 Å². The predicted molar refractivity (Wildman–Crippen MR) is 137 cm³/mol. The molecule has 0 bridgehead atoms. The van der Waals surface area contributed by atoms with E-state index in [0.717, 1.165) is 30.7 Å². The maximum atomic E-state index is 12.7. The zero-order valence-corrected chi connectivity index (χ0v) is 21.9. The number of hydrogen-bond donors (Lipinski definition) is 1. The molecule has 1 fully saturated rings. The Hall–Kier alpha value is -2.28.